The second-order valence-corrected chi connectivity index (χ2v) is 6.42. The third-order valence-corrected chi connectivity index (χ3v) is 3.17. The Hall–Kier alpha value is -1.11. The Labute approximate surface area is 121 Å². The van der Waals surface area contributed by atoms with Gasteiger partial charge in [-0.05, 0) is 49.5 Å². The maximum atomic E-state index is 11.5. The van der Waals surface area contributed by atoms with Gasteiger partial charge >= 0.3 is 6.09 Å². The zero-order valence-electron chi connectivity index (χ0n) is 11.4. The molecule has 0 aliphatic heterocycles. The minimum atomic E-state index is -0.472. The van der Waals surface area contributed by atoms with Gasteiger partial charge in [-0.25, -0.2) is 4.79 Å². The van der Waals surface area contributed by atoms with Crippen molar-refractivity contribution in [2.24, 2.45) is 0 Å². The number of nitrogens with zero attached hydrogens (tertiary/aromatic N) is 3. The molecule has 0 spiro atoms. The summed E-state index contributed by atoms with van der Waals surface area (Å²) in [5.41, 5.74) is 0.391. The molecule has 1 aliphatic carbocycles. The van der Waals surface area contributed by atoms with Crippen molar-refractivity contribution in [1.29, 1.82) is 0 Å². The van der Waals surface area contributed by atoms with E-state index in [0.717, 1.165) is 23.1 Å². The lowest BCUT2D eigenvalue weighted by Crippen LogP contribution is -2.33. The normalized spacial score (nSPS) is 15.4. The molecular weight excluding hydrogens is 312 g/mol. The monoisotopic (exact) mass is 330 g/mol. The topological polar surface area (TPSA) is 69.0 Å². The van der Waals surface area contributed by atoms with Gasteiger partial charge in [-0.2, -0.15) is 9.90 Å². The SMILES string of the molecule is CC(C)(C)OC(=O)NCCc1nn(C2CC2)nc1Br. The Kier molecular flexibility index (Phi) is 4.13. The number of rotatable bonds is 4. The van der Waals surface area contributed by atoms with E-state index >= 15 is 0 Å². The highest BCUT2D eigenvalue weighted by molar-refractivity contribution is 9.10. The molecule has 0 aromatic carbocycles. The van der Waals surface area contributed by atoms with Gasteiger partial charge in [0.05, 0.1) is 11.7 Å². The quantitative estimate of drug-likeness (QED) is 0.920. The first-order chi connectivity index (χ1) is 8.85. The molecular formula is C12H19BrN4O2. The predicted octanol–water partition coefficient (Wildman–Crippen LogP) is 2.44. The zero-order valence-corrected chi connectivity index (χ0v) is 13.0. The number of alkyl carbamates (subject to hydrolysis) is 1. The molecule has 0 saturated heterocycles. The van der Waals surface area contributed by atoms with E-state index in [1.807, 2.05) is 20.8 Å². The Morgan fingerprint density at radius 3 is 2.74 bits per heavy atom. The lowest BCUT2D eigenvalue weighted by atomic mass is 10.2. The van der Waals surface area contributed by atoms with E-state index in [9.17, 15) is 4.79 Å². The lowest BCUT2D eigenvalue weighted by Gasteiger charge is -2.19. The van der Waals surface area contributed by atoms with Gasteiger partial charge in [-0.1, -0.05) is 0 Å². The number of amides is 1. The van der Waals surface area contributed by atoms with Crippen LogP contribution in [0.3, 0.4) is 0 Å². The summed E-state index contributed by atoms with van der Waals surface area (Å²) in [5.74, 6) is 0. The minimum Gasteiger partial charge on any atom is -0.444 e. The number of hydrogen-bond acceptors (Lipinski definition) is 4. The van der Waals surface area contributed by atoms with Crippen molar-refractivity contribution in [2.45, 2.75) is 51.7 Å². The molecule has 1 aromatic heterocycles. The van der Waals surface area contributed by atoms with Gasteiger partial charge in [0.1, 0.15) is 5.60 Å². The Balaban J connectivity index is 1.77. The third kappa shape index (κ3) is 4.49. The highest BCUT2D eigenvalue weighted by Gasteiger charge is 2.27. The molecule has 1 aliphatic rings. The first-order valence-corrected chi connectivity index (χ1v) is 7.22. The number of hydrogen-bond donors (Lipinski definition) is 1. The smallest absolute Gasteiger partial charge is 0.407 e. The fraction of sp³-hybridized carbons (Fsp3) is 0.750. The van der Waals surface area contributed by atoms with Crippen molar-refractivity contribution >= 4 is 22.0 Å². The molecule has 0 unspecified atom stereocenters. The van der Waals surface area contributed by atoms with Crippen molar-refractivity contribution in [3.05, 3.63) is 10.3 Å². The first-order valence-electron chi connectivity index (χ1n) is 6.43. The molecule has 2 rings (SSSR count). The van der Waals surface area contributed by atoms with Crippen LogP contribution in [0.25, 0.3) is 0 Å². The molecule has 1 heterocycles. The van der Waals surface area contributed by atoms with E-state index in [-0.39, 0.29) is 0 Å². The van der Waals surface area contributed by atoms with Crippen molar-refractivity contribution < 1.29 is 9.53 Å². The van der Waals surface area contributed by atoms with Crippen LogP contribution >= 0.6 is 15.9 Å². The van der Waals surface area contributed by atoms with E-state index in [1.165, 1.54) is 0 Å². The molecule has 6 nitrogen and oxygen atoms in total. The molecule has 1 aromatic rings. The number of aromatic nitrogens is 3. The van der Waals surface area contributed by atoms with Crippen LogP contribution in [0.15, 0.2) is 4.60 Å². The van der Waals surface area contributed by atoms with Crippen molar-refractivity contribution in [3.63, 3.8) is 0 Å². The van der Waals surface area contributed by atoms with Gasteiger partial charge in [0.25, 0.3) is 0 Å². The minimum absolute atomic E-state index is 0.404. The molecule has 0 bridgehead atoms. The van der Waals surface area contributed by atoms with Gasteiger partial charge in [-0.15, -0.1) is 5.10 Å². The van der Waals surface area contributed by atoms with E-state index < -0.39 is 11.7 Å². The second-order valence-electron chi connectivity index (χ2n) is 5.67. The van der Waals surface area contributed by atoms with E-state index in [4.69, 9.17) is 4.74 Å². The molecule has 7 heteroatoms. The van der Waals surface area contributed by atoms with E-state index in [0.29, 0.717) is 19.0 Å². The van der Waals surface area contributed by atoms with Gasteiger partial charge in [0.2, 0.25) is 0 Å². The molecule has 1 fully saturated rings. The third-order valence-electron chi connectivity index (χ3n) is 2.56. The molecule has 19 heavy (non-hydrogen) atoms. The number of ether oxygens (including phenoxy) is 1. The average molecular weight is 331 g/mol. The summed E-state index contributed by atoms with van der Waals surface area (Å²) in [5, 5.41) is 11.4. The summed E-state index contributed by atoms with van der Waals surface area (Å²) in [6.07, 6.45) is 2.53. The molecule has 1 amide bonds. The standard InChI is InChI=1S/C12H19BrN4O2/c1-12(2,3)19-11(18)14-7-6-9-10(13)16-17(15-9)8-4-5-8/h8H,4-7H2,1-3H3,(H,14,18). The van der Waals surface area contributed by atoms with Crippen molar-refractivity contribution in [3.8, 4) is 0 Å². The second kappa shape index (κ2) is 5.48. The number of carbonyl (C=O) groups is 1. The number of carbonyl (C=O) groups excluding carboxylic acids is 1. The van der Waals surface area contributed by atoms with Crippen LogP contribution in [0.5, 0.6) is 0 Å². The van der Waals surface area contributed by atoms with Gasteiger partial charge in [-0.3, -0.25) is 0 Å². The summed E-state index contributed by atoms with van der Waals surface area (Å²) in [6, 6.07) is 0.462. The summed E-state index contributed by atoms with van der Waals surface area (Å²) in [7, 11) is 0. The fourth-order valence-electron chi connectivity index (χ4n) is 1.55. The molecule has 0 radical (unpaired) electrons. The molecule has 1 N–H and O–H groups in total. The van der Waals surface area contributed by atoms with E-state index in [2.05, 4.69) is 31.4 Å². The summed E-state index contributed by atoms with van der Waals surface area (Å²) in [6.45, 7) is 6.00. The van der Waals surface area contributed by atoms with Crippen molar-refractivity contribution in [1.82, 2.24) is 20.3 Å². The highest BCUT2D eigenvalue weighted by atomic mass is 79.9. The summed E-state index contributed by atoms with van der Waals surface area (Å²) >= 11 is 3.39. The molecule has 0 atom stereocenters. The average Bonchev–Trinajstić information content (AvgIpc) is 3.02. The van der Waals surface area contributed by atoms with Crippen LogP contribution < -0.4 is 5.32 Å². The van der Waals surface area contributed by atoms with Crippen LogP contribution in [0.4, 0.5) is 4.79 Å². The fourth-order valence-corrected chi connectivity index (χ4v) is 1.99. The van der Waals surface area contributed by atoms with Crippen molar-refractivity contribution in [2.75, 3.05) is 6.54 Å². The summed E-state index contributed by atoms with van der Waals surface area (Å²) in [4.78, 5) is 13.2. The first kappa shape index (κ1) is 14.3. The lowest BCUT2D eigenvalue weighted by molar-refractivity contribution is 0.0528. The molecule has 106 valence electrons. The Bertz CT molecular complexity index is 463. The van der Waals surface area contributed by atoms with Crippen LogP contribution in [0.1, 0.15) is 45.3 Å². The predicted molar refractivity (Wildman–Crippen MR) is 73.9 cm³/mol. The highest BCUT2D eigenvalue weighted by Crippen LogP contribution is 2.34. The largest absolute Gasteiger partial charge is 0.444 e. The van der Waals surface area contributed by atoms with Crippen LogP contribution in [-0.2, 0) is 11.2 Å². The number of halogens is 1. The maximum Gasteiger partial charge on any atom is 0.407 e. The van der Waals surface area contributed by atoms with Gasteiger partial charge in [0.15, 0.2) is 4.60 Å². The maximum absolute atomic E-state index is 11.5. The van der Waals surface area contributed by atoms with Gasteiger partial charge < -0.3 is 10.1 Å². The van der Waals surface area contributed by atoms with Crippen LogP contribution in [-0.4, -0.2) is 33.2 Å². The number of nitrogens with one attached hydrogen (secondary N) is 1. The molecule has 1 saturated carbocycles. The van der Waals surface area contributed by atoms with Crippen LogP contribution in [0.2, 0.25) is 0 Å². The zero-order chi connectivity index (χ0) is 14.0. The Morgan fingerprint density at radius 1 is 1.47 bits per heavy atom. The van der Waals surface area contributed by atoms with Gasteiger partial charge in [0, 0.05) is 13.0 Å². The van der Waals surface area contributed by atoms with Crippen LogP contribution in [0, 0.1) is 0 Å². The summed E-state index contributed by atoms with van der Waals surface area (Å²) < 4.78 is 5.91. The van der Waals surface area contributed by atoms with E-state index in [1.54, 1.807) is 4.80 Å². The Morgan fingerprint density at radius 2 is 2.16 bits per heavy atom.